The van der Waals surface area contributed by atoms with Gasteiger partial charge in [0.25, 0.3) is 0 Å². The molecule has 7 nitrogen and oxygen atoms in total. The van der Waals surface area contributed by atoms with E-state index in [1.54, 1.807) is 0 Å². The summed E-state index contributed by atoms with van der Waals surface area (Å²) in [5.74, 6) is 2.19. The number of carbonyl (C=O) groups is 1. The summed E-state index contributed by atoms with van der Waals surface area (Å²) in [4.78, 5) is 18.7. The predicted octanol–water partition coefficient (Wildman–Crippen LogP) is 3.10. The summed E-state index contributed by atoms with van der Waals surface area (Å²) < 4.78 is 11.2. The van der Waals surface area contributed by atoms with E-state index in [-0.39, 0.29) is 12.2 Å². The van der Waals surface area contributed by atoms with Gasteiger partial charge in [-0.15, -0.1) is 0 Å². The van der Waals surface area contributed by atoms with Gasteiger partial charge < -0.3 is 25.0 Å². The summed E-state index contributed by atoms with van der Waals surface area (Å²) in [7, 11) is 0. The van der Waals surface area contributed by atoms with Crippen LogP contribution in [0.5, 0.6) is 0 Å². The van der Waals surface area contributed by atoms with Gasteiger partial charge in [-0.2, -0.15) is 11.8 Å². The zero-order valence-electron chi connectivity index (χ0n) is 18.4. The number of alkyl carbamates (subject to hydrolysis) is 1. The molecule has 1 aliphatic rings. The Bertz CT molecular complexity index is 461. The van der Waals surface area contributed by atoms with Crippen molar-refractivity contribution < 1.29 is 14.3 Å². The van der Waals surface area contributed by atoms with E-state index in [0.29, 0.717) is 13.2 Å². The fraction of sp³-hybridized carbons (Fsp3) is 0.900. The minimum absolute atomic E-state index is 0.289. The quantitative estimate of drug-likeness (QED) is 0.324. The Morgan fingerprint density at radius 1 is 1.21 bits per heavy atom. The average molecular weight is 417 g/mol. The van der Waals surface area contributed by atoms with Crippen molar-refractivity contribution in [2.75, 3.05) is 51.3 Å². The smallest absolute Gasteiger partial charge is 0.407 e. The summed E-state index contributed by atoms with van der Waals surface area (Å²) in [5.41, 5.74) is -0.460. The summed E-state index contributed by atoms with van der Waals surface area (Å²) >= 11 is 1.87. The van der Waals surface area contributed by atoms with Gasteiger partial charge in [0.05, 0.1) is 6.10 Å². The first-order chi connectivity index (χ1) is 13.4. The standard InChI is InChI=1S/C20H40N4O3S/c1-6-21-18(22-12-8-16-28-5)24-13-9-17(10-14-24)26-15-7-11-23-19(25)27-20(2,3)4/h17H,6-16H2,1-5H3,(H,21,22)(H,23,25). The van der Waals surface area contributed by atoms with Gasteiger partial charge in [0.15, 0.2) is 5.96 Å². The SMILES string of the molecule is CCNC(=NCCCSC)N1CCC(OCCCNC(=O)OC(C)(C)C)CC1. The van der Waals surface area contributed by atoms with Crippen LogP contribution < -0.4 is 10.6 Å². The summed E-state index contributed by atoms with van der Waals surface area (Å²) in [6.07, 6.45) is 5.98. The van der Waals surface area contributed by atoms with Gasteiger partial charge in [0, 0.05) is 39.3 Å². The van der Waals surface area contributed by atoms with Crippen LogP contribution in [0.15, 0.2) is 4.99 Å². The summed E-state index contributed by atoms with van der Waals surface area (Å²) in [5, 5.41) is 6.17. The van der Waals surface area contributed by atoms with E-state index in [1.165, 1.54) is 0 Å². The molecule has 28 heavy (non-hydrogen) atoms. The molecule has 1 heterocycles. The predicted molar refractivity (Wildman–Crippen MR) is 118 cm³/mol. The second-order valence-corrected chi connectivity index (χ2v) is 8.91. The molecule has 0 atom stereocenters. The number of amides is 1. The van der Waals surface area contributed by atoms with E-state index in [1.807, 2.05) is 32.5 Å². The number of hydrogen-bond acceptors (Lipinski definition) is 5. The van der Waals surface area contributed by atoms with Crippen molar-refractivity contribution in [1.29, 1.82) is 0 Å². The molecule has 2 N–H and O–H groups in total. The fourth-order valence-corrected chi connectivity index (χ4v) is 3.30. The third-order valence-electron chi connectivity index (χ3n) is 4.19. The van der Waals surface area contributed by atoms with Crippen molar-refractivity contribution in [3.05, 3.63) is 0 Å². The topological polar surface area (TPSA) is 75.2 Å². The van der Waals surface area contributed by atoms with E-state index in [4.69, 9.17) is 14.5 Å². The Hall–Kier alpha value is -1.15. The Labute approximate surface area is 175 Å². The van der Waals surface area contributed by atoms with Crippen molar-refractivity contribution in [3.8, 4) is 0 Å². The van der Waals surface area contributed by atoms with Crippen LogP contribution in [-0.2, 0) is 9.47 Å². The highest BCUT2D eigenvalue weighted by Crippen LogP contribution is 2.14. The van der Waals surface area contributed by atoms with Gasteiger partial charge in [0.2, 0.25) is 0 Å². The molecule has 1 rings (SSSR count). The molecule has 0 aromatic rings. The molecular formula is C20H40N4O3S. The molecule has 164 valence electrons. The third-order valence-corrected chi connectivity index (χ3v) is 4.88. The molecule has 0 saturated carbocycles. The zero-order valence-corrected chi connectivity index (χ0v) is 19.2. The number of ether oxygens (including phenoxy) is 2. The number of rotatable bonds is 10. The molecule has 1 amide bonds. The van der Waals surface area contributed by atoms with Crippen molar-refractivity contribution >= 4 is 23.8 Å². The molecular weight excluding hydrogens is 376 g/mol. The van der Waals surface area contributed by atoms with Crippen LogP contribution in [-0.4, -0.2) is 80.0 Å². The van der Waals surface area contributed by atoms with Gasteiger partial charge >= 0.3 is 6.09 Å². The van der Waals surface area contributed by atoms with Crippen LogP contribution in [0.4, 0.5) is 4.79 Å². The second kappa shape index (κ2) is 13.9. The molecule has 0 aliphatic carbocycles. The van der Waals surface area contributed by atoms with Crippen LogP contribution in [0.1, 0.15) is 53.4 Å². The Balaban J connectivity index is 2.20. The Kier molecular flexibility index (Phi) is 12.4. The van der Waals surface area contributed by atoms with E-state index >= 15 is 0 Å². The maximum Gasteiger partial charge on any atom is 0.407 e. The van der Waals surface area contributed by atoms with E-state index in [0.717, 1.165) is 63.6 Å². The highest BCUT2D eigenvalue weighted by atomic mass is 32.2. The number of likely N-dealkylation sites (tertiary alicyclic amines) is 1. The summed E-state index contributed by atoms with van der Waals surface area (Å²) in [6, 6.07) is 0. The van der Waals surface area contributed by atoms with Gasteiger partial charge in [-0.3, -0.25) is 4.99 Å². The van der Waals surface area contributed by atoms with Crippen LogP contribution >= 0.6 is 11.8 Å². The minimum atomic E-state index is -0.460. The lowest BCUT2D eigenvalue weighted by molar-refractivity contribution is 0.0170. The lowest BCUT2D eigenvalue weighted by Gasteiger charge is -2.34. The molecule has 0 unspecified atom stereocenters. The highest BCUT2D eigenvalue weighted by Gasteiger charge is 2.22. The fourth-order valence-electron chi connectivity index (χ4n) is 2.88. The number of piperidine rings is 1. The first kappa shape index (κ1) is 24.9. The first-order valence-electron chi connectivity index (χ1n) is 10.5. The van der Waals surface area contributed by atoms with Crippen LogP contribution in [0, 0.1) is 0 Å². The molecule has 1 fully saturated rings. The van der Waals surface area contributed by atoms with E-state index < -0.39 is 5.60 Å². The van der Waals surface area contributed by atoms with Gasteiger partial charge in [-0.25, -0.2) is 4.79 Å². The van der Waals surface area contributed by atoms with Crippen molar-refractivity contribution in [3.63, 3.8) is 0 Å². The first-order valence-corrected chi connectivity index (χ1v) is 11.9. The molecule has 1 saturated heterocycles. The lowest BCUT2D eigenvalue weighted by Crippen LogP contribution is -2.47. The van der Waals surface area contributed by atoms with Gasteiger partial charge in [-0.05, 0) is 65.4 Å². The average Bonchev–Trinajstić information content (AvgIpc) is 2.63. The van der Waals surface area contributed by atoms with Gasteiger partial charge in [-0.1, -0.05) is 0 Å². The van der Waals surface area contributed by atoms with Gasteiger partial charge in [0.1, 0.15) is 5.60 Å². The molecule has 0 aromatic carbocycles. The number of thioether (sulfide) groups is 1. The van der Waals surface area contributed by atoms with Crippen molar-refractivity contribution in [2.24, 2.45) is 4.99 Å². The lowest BCUT2D eigenvalue weighted by atomic mass is 10.1. The maximum atomic E-state index is 11.6. The molecule has 0 bridgehead atoms. The van der Waals surface area contributed by atoms with Crippen LogP contribution in [0.3, 0.4) is 0 Å². The molecule has 0 radical (unpaired) electrons. The monoisotopic (exact) mass is 416 g/mol. The van der Waals surface area contributed by atoms with Crippen LogP contribution in [0.25, 0.3) is 0 Å². The largest absolute Gasteiger partial charge is 0.444 e. The normalized spacial score (nSPS) is 16.2. The summed E-state index contributed by atoms with van der Waals surface area (Å²) in [6.45, 7) is 12.6. The van der Waals surface area contributed by atoms with E-state index in [9.17, 15) is 4.79 Å². The molecule has 0 aromatic heterocycles. The van der Waals surface area contributed by atoms with Crippen molar-refractivity contribution in [2.45, 2.75) is 65.1 Å². The number of nitrogens with one attached hydrogen (secondary N) is 2. The number of carbonyl (C=O) groups excluding carboxylic acids is 1. The molecule has 1 aliphatic heterocycles. The second-order valence-electron chi connectivity index (χ2n) is 7.92. The molecule has 0 spiro atoms. The van der Waals surface area contributed by atoms with E-state index in [2.05, 4.69) is 28.7 Å². The number of hydrogen-bond donors (Lipinski definition) is 2. The maximum absolute atomic E-state index is 11.6. The minimum Gasteiger partial charge on any atom is -0.444 e. The Morgan fingerprint density at radius 2 is 1.93 bits per heavy atom. The Morgan fingerprint density at radius 3 is 2.54 bits per heavy atom. The van der Waals surface area contributed by atoms with Crippen molar-refractivity contribution in [1.82, 2.24) is 15.5 Å². The zero-order chi connectivity index (χ0) is 20.8. The number of nitrogens with zero attached hydrogens (tertiary/aromatic N) is 2. The molecule has 8 heteroatoms. The number of guanidine groups is 1. The number of aliphatic imine (C=N–C) groups is 1. The third kappa shape index (κ3) is 11.6. The van der Waals surface area contributed by atoms with Crippen LogP contribution in [0.2, 0.25) is 0 Å². The highest BCUT2D eigenvalue weighted by molar-refractivity contribution is 7.98.